The van der Waals surface area contributed by atoms with E-state index in [4.69, 9.17) is 21.7 Å². The van der Waals surface area contributed by atoms with Crippen molar-refractivity contribution in [3.8, 4) is 0 Å². The molecule has 0 spiro atoms. The maximum Gasteiger partial charge on any atom is 0.335 e. The zero-order chi connectivity index (χ0) is 6.28. The van der Waals surface area contributed by atoms with Crippen molar-refractivity contribution in [2.45, 2.75) is 0 Å². The van der Waals surface area contributed by atoms with Gasteiger partial charge in [0.2, 0.25) is 0 Å². The van der Waals surface area contributed by atoms with Crippen molar-refractivity contribution < 1.29 is 21.7 Å². The molecule has 1 unspecified atom stereocenters. The van der Waals surface area contributed by atoms with E-state index in [-0.39, 0.29) is 6.15 Å². The normalized spacial score (nSPS) is 9.25. The lowest BCUT2D eigenvalue weighted by atomic mass is 14.0. The van der Waals surface area contributed by atoms with Crippen LogP contribution in [-0.2, 0) is 22.9 Å². The summed E-state index contributed by atoms with van der Waals surface area (Å²) in [5.41, 5.74) is 0. The van der Waals surface area contributed by atoms with Crippen LogP contribution < -0.4 is 6.15 Å². The van der Waals surface area contributed by atoms with Crippen molar-refractivity contribution in [3.05, 3.63) is 0 Å². The first-order valence-electron chi connectivity index (χ1n) is 0.849. The minimum absolute atomic E-state index is 0. The third-order valence-electron chi connectivity index (χ3n) is 0. The second kappa shape index (κ2) is 15.8. The topological polar surface area (TPSA) is 131 Å². The van der Waals surface area contributed by atoms with Gasteiger partial charge in [0.15, 0.2) is 0 Å². The summed E-state index contributed by atoms with van der Waals surface area (Å²) in [6.45, 7) is 0. The molecule has 0 aromatic rings. The molecule has 0 aromatic heterocycles. The Morgan fingerprint density at radius 3 is 1.50 bits per heavy atom. The number of hydrogen-bond donors (Lipinski definition) is 2. The van der Waals surface area contributed by atoms with Crippen molar-refractivity contribution in [3.63, 3.8) is 0 Å². The number of rotatable bonds is 0. The van der Waals surface area contributed by atoms with Gasteiger partial charge in [0.05, 0.1) is 11.4 Å². The van der Waals surface area contributed by atoms with Crippen LogP contribution in [0.4, 0.5) is 0 Å². The quantitative estimate of drug-likeness (QED) is 0.444. The van der Waals surface area contributed by atoms with Gasteiger partial charge in [0, 0.05) is 0 Å². The fourth-order valence-corrected chi connectivity index (χ4v) is 0. The SMILES string of the molecule is O=S([O-])O.O=S=O.[NH4+]. The molecule has 0 saturated heterocycles. The molecule has 0 amide bonds. The standard InChI is InChI=1S/H3N.H2O3S.O2S/c;1-4(2)3;1-3-2/h1H3;(H2,1,2,3);. The Hall–Kier alpha value is -0.150. The van der Waals surface area contributed by atoms with E-state index in [1.54, 1.807) is 0 Å². The van der Waals surface area contributed by atoms with Gasteiger partial charge < -0.3 is 15.3 Å². The van der Waals surface area contributed by atoms with Gasteiger partial charge >= 0.3 is 11.6 Å². The first kappa shape index (κ1) is 15.7. The average molecular weight is 163 g/mol. The molecule has 6 nitrogen and oxygen atoms in total. The molecule has 0 heterocycles. The van der Waals surface area contributed by atoms with E-state index in [0.717, 1.165) is 0 Å². The first-order valence-corrected chi connectivity index (χ1v) is 2.55. The minimum Gasteiger partial charge on any atom is -0.750 e. The Kier molecular flexibility index (Phi) is 31.0. The molecular weight excluding hydrogens is 158 g/mol. The summed E-state index contributed by atoms with van der Waals surface area (Å²) >= 11 is -3.61. The summed E-state index contributed by atoms with van der Waals surface area (Å²) < 4.78 is 40.7. The molecule has 0 aliphatic carbocycles. The Labute approximate surface area is 51.6 Å². The van der Waals surface area contributed by atoms with Crippen molar-refractivity contribution in [2.75, 3.05) is 0 Å². The third kappa shape index (κ3) is 6120. The summed E-state index contributed by atoms with van der Waals surface area (Å²) in [5.74, 6) is 0. The highest BCUT2D eigenvalue weighted by molar-refractivity contribution is 7.73. The zero-order valence-electron chi connectivity index (χ0n) is 3.90. The van der Waals surface area contributed by atoms with Crippen LogP contribution in [0.2, 0.25) is 0 Å². The molecule has 5 N–H and O–H groups in total. The highest BCUT2D eigenvalue weighted by Gasteiger charge is 1.42. The van der Waals surface area contributed by atoms with Crippen LogP contribution in [0, 0.1) is 0 Å². The maximum atomic E-state index is 8.56. The molecule has 0 radical (unpaired) electrons. The molecule has 0 bridgehead atoms. The van der Waals surface area contributed by atoms with Gasteiger partial charge in [0.25, 0.3) is 0 Å². The number of quaternary nitrogens is 1. The van der Waals surface area contributed by atoms with E-state index in [2.05, 4.69) is 0 Å². The van der Waals surface area contributed by atoms with Gasteiger partial charge in [0.1, 0.15) is 0 Å². The molecule has 8 heteroatoms. The van der Waals surface area contributed by atoms with Crippen LogP contribution in [0.15, 0.2) is 0 Å². The van der Waals surface area contributed by atoms with Crippen LogP contribution >= 0.6 is 0 Å². The molecular formula is H5NO5S2. The zero-order valence-corrected chi connectivity index (χ0v) is 5.53. The van der Waals surface area contributed by atoms with Crippen LogP contribution in [-0.4, -0.2) is 21.7 Å². The molecule has 0 saturated carbocycles. The van der Waals surface area contributed by atoms with E-state index >= 15 is 0 Å². The first-order chi connectivity index (χ1) is 3.15. The Morgan fingerprint density at radius 1 is 1.50 bits per heavy atom. The monoisotopic (exact) mass is 163 g/mol. The second-order valence-corrected chi connectivity index (χ2v) is 0.855. The lowest BCUT2D eigenvalue weighted by Crippen LogP contribution is -1.75. The van der Waals surface area contributed by atoms with Gasteiger partial charge in [-0.1, -0.05) is 0 Å². The highest BCUT2D eigenvalue weighted by atomic mass is 32.2. The Balaban J connectivity index is -0.0000000575. The predicted octanol–water partition coefficient (Wildman–Crippen LogP) is -0.955. The van der Waals surface area contributed by atoms with Gasteiger partial charge in [-0.2, -0.15) is 8.42 Å². The van der Waals surface area contributed by atoms with E-state index in [1.165, 1.54) is 0 Å². The van der Waals surface area contributed by atoms with Crippen molar-refractivity contribution >= 4 is 22.9 Å². The van der Waals surface area contributed by atoms with Crippen molar-refractivity contribution in [2.24, 2.45) is 0 Å². The molecule has 0 aliphatic rings. The minimum atomic E-state index is -2.86. The van der Waals surface area contributed by atoms with E-state index < -0.39 is 22.9 Å². The fourth-order valence-electron chi connectivity index (χ4n) is 0. The van der Waals surface area contributed by atoms with E-state index in [0.29, 0.717) is 0 Å². The largest absolute Gasteiger partial charge is 0.750 e. The Morgan fingerprint density at radius 2 is 1.50 bits per heavy atom. The third-order valence-corrected chi connectivity index (χ3v) is 0. The van der Waals surface area contributed by atoms with Crippen LogP contribution in [0.1, 0.15) is 0 Å². The van der Waals surface area contributed by atoms with E-state index in [9.17, 15) is 0 Å². The van der Waals surface area contributed by atoms with Crippen LogP contribution in [0.25, 0.3) is 0 Å². The number of hydrogen-bond acceptors (Lipinski definition) is 4. The molecule has 0 rings (SSSR count). The molecule has 0 aliphatic heterocycles. The van der Waals surface area contributed by atoms with Gasteiger partial charge in [-0.15, -0.1) is 0 Å². The molecule has 0 aromatic carbocycles. The lowest BCUT2D eigenvalue weighted by molar-refractivity contribution is 0.436. The van der Waals surface area contributed by atoms with Gasteiger partial charge in [-0.25, -0.2) is 4.21 Å². The van der Waals surface area contributed by atoms with E-state index in [1.807, 2.05) is 0 Å². The highest BCUT2D eigenvalue weighted by Crippen LogP contribution is 1.43. The van der Waals surface area contributed by atoms with Gasteiger partial charge in [-0.3, -0.25) is 0 Å². The Bertz CT molecular complexity index is 78.4. The fraction of sp³-hybridized carbons (Fsp3) is 0. The molecule has 8 heavy (non-hydrogen) atoms. The smallest absolute Gasteiger partial charge is 0.335 e. The maximum absolute atomic E-state index is 8.56. The summed E-state index contributed by atoms with van der Waals surface area (Å²) in [4.78, 5) is 0. The average Bonchev–Trinajstić information content (AvgIpc) is 1.33. The second-order valence-electron chi connectivity index (χ2n) is 0.285. The van der Waals surface area contributed by atoms with Gasteiger partial charge in [-0.05, 0) is 0 Å². The van der Waals surface area contributed by atoms with Crippen molar-refractivity contribution in [1.29, 1.82) is 0 Å². The predicted molar refractivity (Wildman–Crippen MR) is 26.5 cm³/mol. The molecule has 1 atom stereocenters. The van der Waals surface area contributed by atoms with Crippen molar-refractivity contribution in [1.82, 2.24) is 6.15 Å². The van der Waals surface area contributed by atoms with Crippen LogP contribution in [0.5, 0.6) is 0 Å². The summed E-state index contributed by atoms with van der Waals surface area (Å²) in [6, 6.07) is 0. The lowest BCUT2D eigenvalue weighted by Gasteiger charge is -1.83. The van der Waals surface area contributed by atoms with Crippen LogP contribution in [0.3, 0.4) is 0 Å². The molecule has 52 valence electrons. The molecule has 0 fully saturated rings. The summed E-state index contributed by atoms with van der Waals surface area (Å²) in [5, 5.41) is 0. The summed E-state index contributed by atoms with van der Waals surface area (Å²) in [6.07, 6.45) is 0. The summed E-state index contributed by atoms with van der Waals surface area (Å²) in [7, 11) is 0.